The Labute approximate surface area is 88.0 Å². The monoisotopic (exact) mass is 198 g/mol. The molecule has 1 saturated heterocycles. The topological polar surface area (TPSA) is 38.2 Å². The van der Waals surface area contributed by atoms with Crippen molar-refractivity contribution in [2.24, 2.45) is 0 Å². The Morgan fingerprint density at radius 2 is 1.93 bits per heavy atom. The molecule has 0 atom stereocenters. The first-order chi connectivity index (χ1) is 6.79. The summed E-state index contributed by atoms with van der Waals surface area (Å²) in [6.45, 7) is 8.77. The van der Waals surface area contributed by atoms with E-state index >= 15 is 0 Å². The second-order valence-electron chi connectivity index (χ2n) is 4.36. The molecular weight excluding hydrogens is 174 g/mol. The van der Waals surface area contributed by atoms with E-state index in [9.17, 15) is 0 Å². The molecule has 1 fully saturated rings. The van der Waals surface area contributed by atoms with Gasteiger partial charge in [-0.15, -0.1) is 0 Å². The second-order valence-corrected chi connectivity index (χ2v) is 4.36. The van der Waals surface area contributed by atoms with Gasteiger partial charge in [0.15, 0.2) is 0 Å². The number of hydrogen-bond acceptors (Lipinski definition) is 2. The average Bonchev–Trinajstić information content (AvgIpc) is 2.18. The lowest BCUT2D eigenvalue weighted by Gasteiger charge is -2.22. The van der Waals surface area contributed by atoms with Crippen LogP contribution in [0.4, 0.5) is 0 Å². The van der Waals surface area contributed by atoms with Crippen LogP contribution in [0.3, 0.4) is 0 Å². The smallest absolute Gasteiger partial charge is 0.0148 e. The van der Waals surface area contributed by atoms with Gasteiger partial charge >= 0.3 is 0 Å². The van der Waals surface area contributed by atoms with Crippen LogP contribution in [0.5, 0.6) is 0 Å². The average molecular weight is 198 g/mol. The van der Waals surface area contributed by atoms with Crippen molar-refractivity contribution >= 4 is 0 Å². The zero-order valence-corrected chi connectivity index (χ0v) is 9.55. The summed E-state index contributed by atoms with van der Waals surface area (Å²) in [5, 5.41) is 11.4. The predicted molar refractivity (Wildman–Crippen MR) is 60.6 cm³/mol. The molecule has 0 aromatic carbocycles. The minimum Gasteiger partial charge on any atom is -0.314 e. The van der Waals surface area contributed by atoms with Crippen LogP contribution in [-0.4, -0.2) is 38.3 Å². The Bertz CT molecular complexity index is 130. The van der Waals surface area contributed by atoms with Gasteiger partial charge in [0.05, 0.1) is 0 Å². The van der Waals surface area contributed by atoms with Crippen LogP contribution in [0.2, 0.25) is 0 Å². The van der Waals surface area contributed by atoms with Crippen molar-refractivity contribution in [3.63, 3.8) is 0 Å². The fraction of sp³-hybridized carbons (Fsp3) is 1.00. The quantitative estimate of drug-likeness (QED) is 0.618. The van der Waals surface area contributed by atoms with Gasteiger partial charge in [-0.25, -0.2) is 5.32 Å². The Balaban J connectivity index is 1.87. The summed E-state index contributed by atoms with van der Waals surface area (Å²) in [4.78, 5) is 0. The maximum absolute atomic E-state index is 4.34. The third-order valence-corrected chi connectivity index (χ3v) is 2.61. The van der Waals surface area contributed by atoms with Crippen LogP contribution in [0.1, 0.15) is 33.1 Å². The predicted octanol–water partition coefficient (Wildman–Crippen LogP) is 0.731. The van der Waals surface area contributed by atoms with Crippen LogP contribution in [0.25, 0.3) is 0 Å². The summed E-state index contributed by atoms with van der Waals surface area (Å²) in [6.07, 6.45) is 3.70. The minimum atomic E-state index is 0.614. The highest BCUT2D eigenvalue weighted by atomic mass is 15.0. The van der Waals surface area contributed by atoms with Crippen molar-refractivity contribution in [2.75, 3.05) is 26.2 Å². The number of nitrogens with one attached hydrogen (secondary N) is 2. The third kappa shape index (κ3) is 5.58. The summed E-state index contributed by atoms with van der Waals surface area (Å²) in [5.74, 6) is 0. The van der Waals surface area contributed by atoms with E-state index in [0.29, 0.717) is 6.04 Å². The molecule has 0 amide bonds. The molecule has 0 saturated carbocycles. The molecule has 0 aromatic heterocycles. The zero-order chi connectivity index (χ0) is 10.2. The van der Waals surface area contributed by atoms with E-state index in [-0.39, 0.29) is 0 Å². The van der Waals surface area contributed by atoms with Crippen LogP contribution in [-0.2, 0) is 0 Å². The van der Waals surface area contributed by atoms with Gasteiger partial charge in [-0.2, -0.15) is 0 Å². The van der Waals surface area contributed by atoms with Crippen molar-refractivity contribution in [3.8, 4) is 0 Å². The summed E-state index contributed by atoms with van der Waals surface area (Å²) < 4.78 is 0. The number of hydrogen-bond donors (Lipinski definition) is 2. The molecule has 1 aliphatic rings. The van der Waals surface area contributed by atoms with Crippen LogP contribution in [0, 0.1) is 0 Å². The van der Waals surface area contributed by atoms with Crippen molar-refractivity contribution in [1.82, 2.24) is 16.0 Å². The van der Waals surface area contributed by atoms with Crippen LogP contribution >= 0.6 is 0 Å². The molecule has 0 aliphatic carbocycles. The molecule has 0 spiro atoms. The molecule has 3 nitrogen and oxygen atoms in total. The highest BCUT2D eigenvalue weighted by molar-refractivity contribution is 4.73. The SMILES string of the molecule is CC(C)NCCCNC1CC[N]CC1. The molecule has 1 rings (SSSR count). The minimum absolute atomic E-state index is 0.614. The molecule has 1 heterocycles. The number of rotatable bonds is 6. The van der Waals surface area contributed by atoms with E-state index in [0.717, 1.165) is 32.2 Å². The van der Waals surface area contributed by atoms with E-state index < -0.39 is 0 Å². The lowest BCUT2D eigenvalue weighted by Crippen LogP contribution is -2.38. The van der Waals surface area contributed by atoms with Gasteiger partial charge < -0.3 is 10.6 Å². The molecule has 1 radical (unpaired) electrons. The highest BCUT2D eigenvalue weighted by Crippen LogP contribution is 2.02. The summed E-state index contributed by atoms with van der Waals surface area (Å²) in [5.41, 5.74) is 0. The Hall–Kier alpha value is -0.120. The van der Waals surface area contributed by atoms with E-state index in [2.05, 4.69) is 29.8 Å². The van der Waals surface area contributed by atoms with Gasteiger partial charge in [0.2, 0.25) is 0 Å². The summed E-state index contributed by atoms with van der Waals surface area (Å²) in [7, 11) is 0. The molecule has 0 unspecified atom stereocenters. The van der Waals surface area contributed by atoms with Gasteiger partial charge in [-0.1, -0.05) is 13.8 Å². The summed E-state index contributed by atoms with van der Waals surface area (Å²) in [6, 6.07) is 1.34. The van der Waals surface area contributed by atoms with Gasteiger partial charge in [0, 0.05) is 25.2 Å². The molecule has 14 heavy (non-hydrogen) atoms. The Morgan fingerprint density at radius 1 is 1.21 bits per heavy atom. The highest BCUT2D eigenvalue weighted by Gasteiger charge is 2.11. The fourth-order valence-corrected chi connectivity index (χ4v) is 1.74. The number of piperidine rings is 1. The maximum atomic E-state index is 4.34. The van der Waals surface area contributed by atoms with Crippen LogP contribution < -0.4 is 16.0 Å². The first-order valence-electron chi connectivity index (χ1n) is 5.89. The fourth-order valence-electron chi connectivity index (χ4n) is 1.74. The first-order valence-corrected chi connectivity index (χ1v) is 5.89. The molecule has 3 heteroatoms. The molecule has 83 valence electrons. The van der Waals surface area contributed by atoms with Gasteiger partial charge in [-0.05, 0) is 32.4 Å². The molecular formula is C11H24N3. The largest absolute Gasteiger partial charge is 0.314 e. The van der Waals surface area contributed by atoms with E-state index in [1.807, 2.05) is 0 Å². The lowest BCUT2D eigenvalue weighted by atomic mass is 10.1. The Morgan fingerprint density at radius 3 is 2.57 bits per heavy atom. The molecule has 0 bridgehead atoms. The third-order valence-electron chi connectivity index (χ3n) is 2.61. The maximum Gasteiger partial charge on any atom is 0.0148 e. The van der Waals surface area contributed by atoms with Gasteiger partial charge in [0.1, 0.15) is 0 Å². The van der Waals surface area contributed by atoms with E-state index in [1.165, 1.54) is 19.3 Å². The standard InChI is InChI=1S/C11H24N3/c1-10(2)13-6-3-7-14-11-4-8-12-9-5-11/h10-11,13-14H,3-9H2,1-2H3. The van der Waals surface area contributed by atoms with Gasteiger partial charge in [0.25, 0.3) is 0 Å². The van der Waals surface area contributed by atoms with Crippen molar-refractivity contribution < 1.29 is 0 Å². The first kappa shape index (κ1) is 12.0. The van der Waals surface area contributed by atoms with Crippen molar-refractivity contribution in [1.29, 1.82) is 0 Å². The van der Waals surface area contributed by atoms with Crippen LogP contribution in [0.15, 0.2) is 0 Å². The van der Waals surface area contributed by atoms with E-state index in [4.69, 9.17) is 0 Å². The molecule has 1 aliphatic heterocycles. The summed E-state index contributed by atoms with van der Waals surface area (Å²) >= 11 is 0. The van der Waals surface area contributed by atoms with Crippen molar-refractivity contribution in [2.45, 2.75) is 45.2 Å². The number of nitrogens with zero attached hydrogens (tertiary/aromatic N) is 1. The van der Waals surface area contributed by atoms with E-state index in [1.54, 1.807) is 0 Å². The lowest BCUT2D eigenvalue weighted by molar-refractivity contribution is 0.379. The molecule has 2 N–H and O–H groups in total. The Kier molecular flexibility index (Phi) is 6.15. The van der Waals surface area contributed by atoms with Crippen molar-refractivity contribution in [3.05, 3.63) is 0 Å². The zero-order valence-electron chi connectivity index (χ0n) is 9.55. The van der Waals surface area contributed by atoms with Gasteiger partial charge in [-0.3, -0.25) is 0 Å². The normalized spacial score (nSPS) is 19.1. The molecule has 0 aromatic rings. The second kappa shape index (κ2) is 7.21.